The molecule has 1 fully saturated rings. The summed E-state index contributed by atoms with van der Waals surface area (Å²) in [6, 6.07) is 0.731. The molecule has 0 heterocycles. The highest BCUT2D eigenvalue weighted by molar-refractivity contribution is 4.88. The first kappa shape index (κ1) is 14.7. The van der Waals surface area contributed by atoms with Gasteiger partial charge in [0.1, 0.15) is 0 Å². The minimum atomic E-state index is 0.224. The quantitative estimate of drug-likeness (QED) is 0.669. The lowest BCUT2D eigenvalue weighted by Gasteiger charge is -2.34. The van der Waals surface area contributed by atoms with Crippen molar-refractivity contribution in [3.05, 3.63) is 12.7 Å². The van der Waals surface area contributed by atoms with E-state index in [2.05, 4.69) is 25.7 Å². The van der Waals surface area contributed by atoms with Crippen LogP contribution in [0.2, 0.25) is 0 Å². The largest absolute Gasteiger partial charge is 0.395 e. The third kappa shape index (κ3) is 4.81. The van der Waals surface area contributed by atoms with Crippen LogP contribution in [0, 0.1) is 11.8 Å². The van der Waals surface area contributed by atoms with E-state index in [0.717, 1.165) is 12.3 Å². The van der Waals surface area contributed by atoms with E-state index in [-0.39, 0.29) is 12.6 Å². The van der Waals surface area contributed by atoms with Crippen LogP contribution in [0.25, 0.3) is 0 Å². The van der Waals surface area contributed by atoms with Crippen LogP contribution in [-0.4, -0.2) is 23.8 Å². The van der Waals surface area contributed by atoms with Crippen molar-refractivity contribution < 1.29 is 5.11 Å². The fourth-order valence-corrected chi connectivity index (χ4v) is 2.84. The number of rotatable bonds is 7. The number of aliphatic hydroxyl groups excluding tert-OH is 1. The van der Waals surface area contributed by atoms with Gasteiger partial charge < -0.3 is 10.4 Å². The van der Waals surface area contributed by atoms with Crippen molar-refractivity contribution in [2.75, 3.05) is 6.61 Å². The van der Waals surface area contributed by atoms with Crippen molar-refractivity contribution in [1.82, 2.24) is 5.32 Å². The monoisotopic (exact) mass is 239 g/mol. The Bertz CT molecular complexity index is 209. The molecule has 2 heteroatoms. The Kier molecular flexibility index (Phi) is 6.83. The molecule has 0 aromatic carbocycles. The van der Waals surface area contributed by atoms with Gasteiger partial charge in [-0.2, -0.15) is 0 Å². The van der Waals surface area contributed by atoms with Crippen molar-refractivity contribution in [3.8, 4) is 0 Å². The molecule has 1 aliphatic rings. The van der Waals surface area contributed by atoms with Gasteiger partial charge in [-0.25, -0.2) is 0 Å². The molecule has 0 spiro atoms. The zero-order valence-corrected chi connectivity index (χ0v) is 11.5. The maximum absolute atomic E-state index is 9.42. The Labute approximate surface area is 106 Å². The Morgan fingerprint density at radius 3 is 2.41 bits per heavy atom. The Morgan fingerprint density at radius 1 is 1.29 bits per heavy atom. The highest BCUT2D eigenvalue weighted by atomic mass is 16.3. The Morgan fingerprint density at radius 2 is 1.94 bits per heavy atom. The molecule has 0 saturated heterocycles. The van der Waals surface area contributed by atoms with E-state index in [1.54, 1.807) is 0 Å². The molecule has 1 rings (SSSR count). The normalized spacial score (nSPS) is 21.4. The summed E-state index contributed by atoms with van der Waals surface area (Å²) in [5.74, 6) is 1.26. The molecule has 2 atom stereocenters. The van der Waals surface area contributed by atoms with Crippen molar-refractivity contribution in [2.24, 2.45) is 11.8 Å². The number of nitrogens with one attached hydrogen (secondary N) is 1. The highest BCUT2D eigenvalue weighted by Gasteiger charge is 2.25. The predicted octanol–water partition coefficient (Wildman–Crippen LogP) is 3.12. The van der Waals surface area contributed by atoms with Crippen molar-refractivity contribution in [3.63, 3.8) is 0 Å². The summed E-state index contributed by atoms with van der Waals surface area (Å²) in [6.07, 6.45) is 9.83. The fourth-order valence-electron chi connectivity index (χ4n) is 2.84. The molecule has 0 radical (unpaired) electrons. The minimum Gasteiger partial charge on any atom is -0.395 e. The highest BCUT2D eigenvalue weighted by Crippen LogP contribution is 2.28. The van der Waals surface area contributed by atoms with Gasteiger partial charge >= 0.3 is 0 Å². The third-order valence-corrected chi connectivity index (χ3v) is 4.07. The van der Waals surface area contributed by atoms with Gasteiger partial charge in [-0.3, -0.25) is 0 Å². The average molecular weight is 239 g/mol. The second-order valence-corrected chi connectivity index (χ2v) is 5.73. The van der Waals surface area contributed by atoms with E-state index >= 15 is 0 Å². The lowest BCUT2D eigenvalue weighted by atomic mass is 9.82. The first-order valence-electron chi connectivity index (χ1n) is 7.16. The molecule has 0 aliphatic heterocycles. The van der Waals surface area contributed by atoms with Gasteiger partial charge in [0.15, 0.2) is 0 Å². The van der Waals surface area contributed by atoms with Crippen LogP contribution in [0.5, 0.6) is 0 Å². The van der Waals surface area contributed by atoms with Gasteiger partial charge in [0.05, 0.1) is 6.61 Å². The molecule has 0 aromatic rings. The molecule has 2 N–H and O–H groups in total. The zero-order valence-electron chi connectivity index (χ0n) is 11.5. The topological polar surface area (TPSA) is 32.3 Å². The molecule has 17 heavy (non-hydrogen) atoms. The van der Waals surface area contributed by atoms with Crippen molar-refractivity contribution >= 4 is 0 Å². The van der Waals surface area contributed by atoms with Crippen LogP contribution < -0.4 is 5.32 Å². The van der Waals surface area contributed by atoms with Crippen molar-refractivity contribution in [2.45, 2.75) is 64.5 Å². The summed E-state index contributed by atoms with van der Waals surface area (Å²) in [6.45, 7) is 8.44. The minimum absolute atomic E-state index is 0.224. The first-order chi connectivity index (χ1) is 8.19. The molecule has 0 aromatic heterocycles. The SMILES string of the molecule is C=CC[C@H](N[C@H](CO)C(C)C)C1CCCCC1. The Hall–Kier alpha value is -0.340. The summed E-state index contributed by atoms with van der Waals surface area (Å²) in [4.78, 5) is 0. The summed E-state index contributed by atoms with van der Waals surface area (Å²) in [7, 11) is 0. The molecule has 1 aliphatic carbocycles. The van der Waals surface area contributed by atoms with Gasteiger partial charge in [-0.1, -0.05) is 39.2 Å². The average Bonchev–Trinajstić information content (AvgIpc) is 2.35. The number of aliphatic hydroxyl groups is 1. The van der Waals surface area contributed by atoms with E-state index in [1.807, 2.05) is 6.08 Å². The van der Waals surface area contributed by atoms with Crippen LogP contribution in [0.1, 0.15) is 52.4 Å². The molecule has 0 unspecified atom stereocenters. The standard InChI is InChI=1S/C15H29NO/c1-4-8-14(13-9-6-5-7-10-13)16-15(11-17)12(2)3/h4,12-17H,1,5-11H2,2-3H3/t14-,15+/m0/s1. The molecule has 1 saturated carbocycles. The summed E-state index contributed by atoms with van der Waals surface area (Å²) >= 11 is 0. The number of hydrogen-bond acceptors (Lipinski definition) is 2. The molecular weight excluding hydrogens is 210 g/mol. The summed E-state index contributed by atoms with van der Waals surface area (Å²) in [5.41, 5.74) is 0. The van der Waals surface area contributed by atoms with E-state index in [1.165, 1.54) is 32.1 Å². The lowest BCUT2D eigenvalue weighted by molar-refractivity contribution is 0.171. The van der Waals surface area contributed by atoms with Gasteiger partial charge in [-0.15, -0.1) is 6.58 Å². The molecule has 0 amide bonds. The van der Waals surface area contributed by atoms with E-state index < -0.39 is 0 Å². The smallest absolute Gasteiger partial charge is 0.0587 e. The van der Waals surface area contributed by atoms with Crippen LogP contribution in [0.4, 0.5) is 0 Å². The molecule has 0 bridgehead atoms. The van der Waals surface area contributed by atoms with E-state index in [9.17, 15) is 5.11 Å². The van der Waals surface area contributed by atoms with Gasteiger partial charge in [-0.05, 0) is 31.1 Å². The molecule has 2 nitrogen and oxygen atoms in total. The third-order valence-electron chi connectivity index (χ3n) is 4.07. The molecule has 100 valence electrons. The van der Waals surface area contributed by atoms with Crippen LogP contribution in [0.15, 0.2) is 12.7 Å². The van der Waals surface area contributed by atoms with Gasteiger partial charge in [0, 0.05) is 12.1 Å². The van der Waals surface area contributed by atoms with Gasteiger partial charge in [0.2, 0.25) is 0 Å². The zero-order chi connectivity index (χ0) is 12.7. The summed E-state index contributed by atoms with van der Waals surface area (Å²) < 4.78 is 0. The second-order valence-electron chi connectivity index (χ2n) is 5.73. The maximum atomic E-state index is 9.42. The van der Waals surface area contributed by atoms with Gasteiger partial charge in [0.25, 0.3) is 0 Å². The number of hydrogen-bond donors (Lipinski definition) is 2. The fraction of sp³-hybridized carbons (Fsp3) is 0.867. The van der Waals surface area contributed by atoms with Crippen LogP contribution >= 0.6 is 0 Å². The second kappa shape index (κ2) is 7.88. The Balaban J connectivity index is 2.53. The van der Waals surface area contributed by atoms with Crippen LogP contribution in [0.3, 0.4) is 0 Å². The van der Waals surface area contributed by atoms with Crippen LogP contribution in [-0.2, 0) is 0 Å². The maximum Gasteiger partial charge on any atom is 0.0587 e. The first-order valence-corrected chi connectivity index (χ1v) is 7.16. The molecular formula is C15H29NO. The van der Waals surface area contributed by atoms with E-state index in [0.29, 0.717) is 12.0 Å². The van der Waals surface area contributed by atoms with Crippen molar-refractivity contribution in [1.29, 1.82) is 0 Å². The summed E-state index contributed by atoms with van der Waals surface area (Å²) in [5, 5.41) is 13.1. The van der Waals surface area contributed by atoms with E-state index in [4.69, 9.17) is 0 Å². The lowest BCUT2D eigenvalue weighted by Crippen LogP contribution is -2.47. The predicted molar refractivity (Wildman–Crippen MR) is 74.0 cm³/mol.